The Bertz CT molecular complexity index is 170. The molecule has 1 rings (SSSR count). The highest BCUT2D eigenvalue weighted by Crippen LogP contribution is 2.16. The van der Waals surface area contributed by atoms with Crippen LogP contribution in [0.3, 0.4) is 0 Å². The smallest absolute Gasteiger partial charge is 0.222 e. The van der Waals surface area contributed by atoms with Gasteiger partial charge in [0.2, 0.25) is 5.91 Å². The van der Waals surface area contributed by atoms with Crippen LogP contribution in [0.15, 0.2) is 12.2 Å². The third-order valence-corrected chi connectivity index (χ3v) is 1.85. The second-order valence-corrected chi connectivity index (χ2v) is 2.62. The van der Waals surface area contributed by atoms with Gasteiger partial charge in [0.1, 0.15) is 0 Å². The van der Waals surface area contributed by atoms with E-state index in [9.17, 15) is 4.79 Å². The molecule has 0 spiro atoms. The number of carbonyl (C=O) groups is 1. The summed E-state index contributed by atoms with van der Waals surface area (Å²) in [6, 6.07) is -0.0671. The van der Waals surface area contributed by atoms with Crippen LogP contribution in [0, 0.1) is 5.92 Å². The topological polar surface area (TPSA) is 69.1 Å². The van der Waals surface area contributed by atoms with Gasteiger partial charge in [-0.05, 0) is 12.8 Å². The largest absolute Gasteiger partial charge is 0.369 e. The minimum absolute atomic E-state index is 0. The Kier molecular flexibility index (Phi) is 4.15. The molecule has 4 heteroatoms. The maximum Gasteiger partial charge on any atom is 0.222 e. The molecule has 1 aliphatic carbocycles. The lowest BCUT2D eigenvalue weighted by molar-refractivity contribution is -0.122. The standard InChI is InChI=1S/C7H12N2O.ClH/c8-6-4-2-1-3-5(6)7(9)10;/h1-2,5-6H,3-4,8H2,(H2,9,10);1H. The fraction of sp³-hybridized carbons (Fsp3) is 0.571. The third kappa shape index (κ3) is 2.52. The average molecular weight is 177 g/mol. The fourth-order valence-corrected chi connectivity index (χ4v) is 1.16. The number of allylic oxidation sites excluding steroid dienone is 1. The molecule has 0 aromatic heterocycles. The number of hydrogen-bond donors (Lipinski definition) is 2. The van der Waals surface area contributed by atoms with Crippen molar-refractivity contribution in [1.29, 1.82) is 0 Å². The van der Waals surface area contributed by atoms with Crippen LogP contribution in [0.2, 0.25) is 0 Å². The maximum atomic E-state index is 10.7. The molecule has 1 amide bonds. The Balaban J connectivity index is 0.000001000. The van der Waals surface area contributed by atoms with E-state index in [1.165, 1.54) is 0 Å². The van der Waals surface area contributed by atoms with Crippen LogP contribution >= 0.6 is 12.4 Å². The number of rotatable bonds is 1. The third-order valence-electron chi connectivity index (χ3n) is 1.85. The van der Waals surface area contributed by atoms with Crippen molar-refractivity contribution in [2.45, 2.75) is 18.9 Å². The molecule has 0 aromatic carbocycles. The van der Waals surface area contributed by atoms with Crippen molar-refractivity contribution in [3.05, 3.63) is 12.2 Å². The SMILES string of the molecule is Cl.NC(=O)C1CC=CCC1N. The lowest BCUT2D eigenvalue weighted by Gasteiger charge is -2.21. The van der Waals surface area contributed by atoms with E-state index in [2.05, 4.69) is 0 Å². The van der Waals surface area contributed by atoms with Crippen LogP contribution in [0.4, 0.5) is 0 Å². The Morgan fingerprint density at radius 3 is 2.27 bits per heavy atom. The van der Waals surface area contributed by atoms with Crippen molar-refractivity contribution in [3.8, 4) is 0 Å². The summed E-state index contributed by atoms with van der Waals surface area (Å²) in [5.74, 6) is -0.429. The van der Waals surface area contributed by atoms with E-state index in [4.69, 9.17) is 11.5 Å². The van der Waals surface area contributed by atoms with Gasteiger partial charge in [-0.1, -0.05) is 12.2 Å². The van der Waals surface area contributed by atoms with E-state index in [-0.39, 0.29) is 30.3 Å². The molecular weight excluding hydrogens is 164 g/mol. The van der Waals surface area contributed by atoms with Crippen molar-refractivity contribution >= 4 is 18.3 Å². The van der Waals surface area contributed by atoms with Gasteiger partial charge in [-0.3, -0.25) is 4.79 Å². The monoisotopic (exact) mass is 176 g/mol. The second kappa shape index (κ2) is 4.36. The predicted molar refractivity (Wildman–Crippen MR) is 46.3 cm³/mol. The van der Waals surface area contributed by atoms with Crippen molar-refractivity contribution < 1.29 is 4.79 Å². The minimum atomic E-state index is -0.281. The Morgan fingerprint density at radius 2 is 1.91 bits per heavy atom. The molecular formula is C7H13ClN2O. The normalized spacial score (nSPS) is 29.2. The van der Waals surface area contributed by atoms with Crippen LogP contribution in [-0.2, 0) is 4.79 Å². The van der Waals surface area contributed by atoms with Crippen molar-refractivity contribution in [2.75, 3.05) is 0 Å². The first-order chi connectivity index (χ1) is 4.72. The minimum Gasteiger partial charge on any atom is -0.369 e. The highest BCUT2D eigenvalue weighted by Gasteiger charge is 2.23. The molecule has 0 saturated heterocycles. The fourth-order valence-electron chi connectivity index (χ4n) is 1.16. The number of nitrogens with two attached hydrogens (primary N) is 2. The number of amides is 1. The molecule has 0 aromatic rings. The summed E-state index contributed by atoms with van der Waals surface area (Å²) in [5, 5.41) is 0. The van der Waals surface area contributed by atoms with Gasteiger partial charge >= 0.3 is 0 Å². The molecule has 0 saturated carbocycles. The van der Waals surface area contributed by atoms with Gasteiger partial charge in [0.25, 0.3) is 0 Å². The quantitative estimate of drug-likeness (QED) is 0.560. The summed E-state index contributed by atoms with van der Waals surface area (Å²) in [6.07, 6.45) is 5.42. The van der Waals surface area contributed by atoms with E-state index in [1.807, 2.05) is 12.2 Å². The Hall–Kier alpha value is -0.540. The molecule has 0 radical (unpaired) electrons. The predicted octanol–water partition coefficient (Wildman–Crippen LogP) is 0.187. The van der Waals surface area contributed by atoms with Crippen molar-refractivity contribution in [3.63, 3.8) is 0 Å². The summed E-state index contributed by atoms with van der Waals surface area (Å²) in [7, 11) is 0. The van der Waals surface area contributed by atoms with Gasteiger partial charge in [-0.25, -0.2) is 0 Å². The summed E-state index contributed by atoms with van der Waals surface area (Å²) in [6.45, 7) is 0. The molecule has 4 N–H and O–H groups in total. The maximum absolute atomic E-state index is 10.7. The first-order valence-electron chi connectivity index (χ1n) is 3.41. The molecule has 11 heavy (non-hydrogen) atoms. The van der Waals surface area contributed by atoms with Crippen LogP contribution in [-0.4, -0.2) is 11.9 Å². The second-order valence-electron chi connectivity index (χ2n) is 2.62. The Morgan fingerprint density at radius 1 is 1.36 bits per heavy atom. The first-order valence-corrected chi connectivity index (χ1v) is 3.41. The van der Waals surface area contributed by atoms with E-state index in [0.717, 1.165) is 6.42 Å². The molecule has 0 bridgehead atoms. The summed E-state index contributed by atoms with van der Waals surface area (Å²) < 4.78 is 0. The molecule has 0 aliphatic heterocycles. The van der Waals surface area contributed by atoms with Crippen LogP contribution in [0.25, 0.3) is 0 Å². The van der Waals surface area contributed by atoms with Crippen LogP contribution in [0.5, 0.6) is 0 Å². The first kappa shape index (κ1) is 10.5. The number of carbonyl (C=O) groups excluding carboxylic acids is 1. The zero-order valence-electron chi connectivity index (χ0n) is 6.19. The van der Waals surface area contributed by atoms with Crippen LogP contribution in [0.1, 0.15) is 12.8 Å². The van der Waals surface area contributed by atoms with Crippen molar-refractivity contribution in [2.24, 2.45) is 17.4 Å². The number of halogens is 1. The average Bonchev–Trinajstić information content (AvgIpc) is 1.88. The highest BCUT2D eigenvalue weighted by molar-refractivity contribution is 5.85. The van der Waals surface area contributed by atoms with Crippen molar-refractivity contribution in [1.82, 2.24) is 0 Å². The molecule has 3 nitrogen and oxygen atoms in total. The van der Waals surface area contributed by atoms with Gasteiger partial charge in [-0.15, -0.1) is 12.4 Å². The zero-order valence-corrected chi connectivity index (χ0v) is 7.01. The van der Waals surface area contributed by atoms with Gasteiger partial charge in [0.15, 0.2) is 0 Å². The number of primary amides is 1. The molecule has 0 heterocycles. The highest BCUT2D eigenvalue weighted by atomic mass is 35.5. The van der Waals surface area contributed by atoms with Crippen LogP contribution < -0.4 is 11.5 Å². The molecule has 2 unspecified atom stereocenters. The molecule has 64 valence electrons. The van der Waals surface area contributed by atoms with E-state index in [1.54, 1.807) is 0 Å². The van der Waals surface area contributed by atoms with Gasteiger partial charge in [0.05, 0.1) is 5.92 Å². The van der Waals surface area contributed by atoms with E-state index < -0.39 is 0 Å². The van der Waals surface area contributed by atoms with Gasteiger partial charge < -0.3 is 11.5 Å². The molecule has 2 atom stereocenters. The molecule has 1 aliphatic rings. The number of hydrogen-bond acceptors (Lipinski definition) is 2. The molecule has 0 fully saturated rings. The summed E-state index contributed by atoms with van der Waals surface area (Å²) >= 11 is 0. The van der Waals surface area contributed by atoms with Gasteiger partial charge in [-0.2, -0.15) is 0 Å². The van der Waals surface area contributed by atoms with E-state index in [0.29, 0.717) is 6.42 Å². The van der Waals surface area contributed by atoms with E-state index >= 15 is 0 Å². The summed E-state index contributed by atoms with van der Waals surface area (Å²) in [4.78, 5) is 10.7. The summed E-state index contributed by atoms with van der Waals surface area (Å²) in [5.41, 5.74) is 10.7. The van der Waals surface area contributed by atoms with Gasteiger partial charge in [0, 0.05) is 6.04 Å². The lowest BCUT2D eigenvalue weighted by Crippen LogP contribution is -2.39. The Labute approximate surface area is 72.2 Å². The zero-order chi connectivity index (χ0) is 7.56. The lowest BCUT2D eigenvalue weighted by atomic mass is 9.89.